The van der Waals surface area contributed by atoms with Gasteiger partial charge >= 0.3 is 0 Å². The van der Waals surface area contributed by atoms with Crippen molar-refractivity contribution in [2.75, 3.05) is 21.0 Å². The highest BCUT2D eigenvalue weighted by Gasteiger charge is 2.35. The molecule has 33 heavy (non-hydrogen) atoms. The Morgan fingerprint density at radius 3 is 2.73 bits per heavy atom. The monoisotopic (exact) mass is 444 g/mol. The van der Waals surface area contributed by atoms with E-state index in [2.05, 4.69) is 9.88 Å². The van der Waals surface area contributed by atoms with Crippen molar-refractivity contribution in [2.45, 2.75) is 20.0 Å². The van der Waals surface area contributed by atoms with Crippen molar-refractivity contribution in [3.63, 3.8) is 0 Å². The second-order valence-corrected chi connectivity index (χ2v) is 8.01. The quantitative estimate of drug-likeness (QED) is 0.541. The topological polar surface area (TPSA) is 70.1 Å². The van der Waals surface area contributed by atoms with E-state index < -0.39 is 0 Å². The molecule has 0 atom stereocenters. The summed E-state index contributed by atoms with van der Waals surface area (Å²) in [4.78, 5) is 19.5. The number of pyridine rings is 1. The summed E-state index contributed by atoms with van der Waals surface area (Å²) in [6.45, 7) is 3.69. The van der Waals surface area contributed by atoms with Crippen LogP contribution in [0.5, 0.6) is 23.0 Å². The molecule has 2 aliphatic heterocycles. The lowest BCUT2D eigenvalue weighted by atomic mass is 9.98. The van der Waals surface area contributed by atoms with Crippen LogP contribution in [0.2, 0.25) is 0 Å². The number of para-hydroxylation sites is 1. The standard InChI is InChI=1S/C26H24N2O5/c1-16-11-21-19(14-28(15-32-21)13-17-7-9-27-10-8-17)26-23(16)24(29)22(33-26)12-18-5-4-6-20(30-2)25(18)31-3/h4-12H,13-15H2,1-3H3/b22-12-. The Morgan fingerprint density at radius 2 is 1.97 bits per heavy atom. The van der Waals surface area contributed by atoms with Gasteiger partial charge in [-0.1, -0.05) is 12.1 Å². The third kappa shape index (κ3) is 3.81. The maximum absolute atomic E-state index is 13.3. The number of benzene rings is 2. The molecular weight excluding hydrogens is 420 g/mol. The number of methoxy groups -OCH3 is 2. The van der Waals surface area contributed by atoms with Crippen LogP contribution in [0.15, 0.2) is 54.6 Å². The SMILES string of the molecule is COc1cccc(/C=C2\Oc3c4c(cc(C)c3C2=O)OCN(Cc2ccncc2)C4)c1OC. The van der Waals surface area contributed by atoms with Crippen molar-refractivity contribution in [2.24, 2.45) is 0 Å². The number of hydrogen-bond donors (Lipinski definition) is 0. The Balaban J connectivity index is 1.49. The number of ether oxygens (including phenoxy) is 4. The number of ketones is 1. The van der Waals surface area contributed by atoms with E-state index in [0.717, 1.165) is 22.4 Å². The van der Waals surface area contributed by atoms with Crippen molar-refractivity contribution in [3.05, 3.63) is 82.4 Å². The molecule has 7 heteroatoms. The van der Waals surface area contributed by atoms with Gasteiger partial charge in [0, 0.05) is 31.0 Å². The highest BCUT2D eigenvalue weighted by Crippen LogP contribution is 2.44. The fraction of sp³-hybridized carbons (Fsp3) is 0.231. The first-order valence-corrected chi connectivity index (χ1v) is 10.6. The third-order valence-corrected chi connectivity index (χ3v) is 5.86. The molecule has 0 radical (unpaired) electrons. The zero-order valence-corrected chi connectivity index (χ0v) is 18.8. The number of rotatable bonds is 5. The molecule has 0 amide bonds. The minimum absolute atomic E-state index is 0.151. The van der Waals surface area contributed by atoms with Crippen molar-refractivity contribution in [3.8, 4) is 23.0 Å². The van der Waals surface area contributed by atoms with E-state index in [-0.39, 0.29) is 11.5 Å². The van der Waals surface area contributed by atoms with Gasteiger partial charge < -0.3 is 18.9 Å². The molecule has 2 aromatic carbocycles. The molecule has 0 unspecified atom stereocenters. The molecule has 0 bridgehead atoms. The first-order chi connectivity index (χ1) is 16.1. The van der Waals surface area contributed by atoms with Gasteiger partial charge in [-0.25, -0.2) is 0 Å². The maximum Gasteiger partial charge on any atom is 0.232 e. The fourth-order valence-electron chi connectivity index (χ4n) is 4.29. The summed E-state index contributed by atoms with van der Waals surface area (Å²) in [7, 11) is 3.15. The van der Waals surface area contributed by atoms with Gasteiger partial charge in [-0.2, -0.15) is 0 Å². The number of aryl methyl sites for hydroxylation is 1. The van der Waals surface area contributed by atoms with Crippen LogP contribution in [0.25, 0.3) is 6.08 Å². The molecule has 3 aromatic rings. The Labute approximate surface area is 192 Å². The van der Waals surface area contributed by atoms with Crippen LogP contribution in [0, 0.1) is 6.92 Å². The molecule has 168 valence electrons. The highest BCUT2D eigenvalue weighted by atomic mass is 16.5. The minimum atomic E-state index is -0.151. The lowest BCUT2D eigenvalue weighted by Crippen LogP contribution is -2.31. The van der Waals surface area contributed by atoms with E-state index in [1.807, 2.05) is 43.3 Å². The Bertz CT molecular complexity index is 1250. The van der Waals surface area contributed by atoms with Crippen molar-refractivity contribution in [1.29, 1.82) is 0 Å². The number of hydrogen-bond acceptors (Lipinski definition) is 7. The minimum Gasteiger partial charge on any atom is -0.493 e. The Morgan fingerprint density at radius 1 is 1.15 bits per heavy atom. The second kappa shape index (κ2) is 8.60. The normalized spacial score (nSPS) is 16.1. The molecular formula is C26H24N2O5. The molecule has 0 saturated heterocycles. The van der Waals surface area contributed by atoms with Gasteiger partial charge in [0.2, 0.25) is 5.78 Å². The average molecular weight is 444 g/mol. The number of Topliss-reactive ketones (excluding diaryl/α,β-unsaturated/α-hetero) is 1. The summed E-state index contributed by atoms with van der Waals surface area (Å²) in [5, 5.41) is 0. The first kappa shape index (κ1) is 21.0. The zero-order chi connectivity index (χ0) is 22.9. The summed E-state index contributed by atoms with van der Waals surface area (Å²) < 4.78 is 23.1. The molecule has 0 aliphatic carbocycles. The maximum atomic E-state index is 13.3. The van der Waals surface area contributed by atoms with E-state index in [4.69, 9.17) is 18.9 Å². The van der Waals surface area contributed by atoms with Gasteiger partial charge in [0.1, 0.15) is 18.2 Å². The number of carbonyl (C=O) groups excluding carboxylic acids is 1. The van der Waals surface area contributed by atoms with E-state index >= 15 is 0 Å². The molecule has 0 N–H and O–H groups in total. The van der Waals surface area contributed by atoms with Crippen LogP contribution in [0.3, 0.4) is 0 Å². The summed E-state index contributed by atoms with van der Waals surface area (Å²) in [6.07, 6.45) is 5.26. The van der Waals surface area contributed by atoms with Gasteiger partial charge in [0.25, 0.3) is 0 Å². The van der Waals surface area contributed by atoms with Crippen LogP contribution in [0.4, 0.5) is 0 Å². The number of nitrogens with zero attached hydrogens (tertiary/aromatic N) is 2. The van der Waals surface area contributed by atoms with Crippen LogP contribution in [-0.2, 0) is 13.1 Å². The Kier molecular flexibility index (Phi) is 5.48. The largest absolute Gasteiger partial charge is 0.493 e. The number of allylic oxidation sites excluding steroid dienone is 1. The first-order valence-electron chi connectivity index (χ1n) is 10.6. The molecule has 1 aromatic heterocycles. The number of carbonyl (C=O) groups is 1. The van der Waals surface area contributed by atoms with Gasteiger partial charge in [-0.3, -0.25) is 14.7 Å². The van der Waals surface area contributed by atoms with Gasteiger partial charge in [0.15, 0.2) is 17.3 Å². The van der Waals surface area contributed by atoms with Crippen LogP contribution >= 0.6 is 0 Å². The Hall–Kier alpha value is -3.84. The van der Waals surface area contributed by atoms with Crippen LogP contribution in [0.1, 0.15) is 32.6 Å². The molecule has 0 fully saturated rings. The van der Waals surface area contributed by atoms with Gasteiger partial charge in [-0.05, 0) is 48.4 Å². The summed E-state index contributed by atoms with van der Waals surface area (Å²) in [6, 6.07) is 11.4. The summed E-state index contributed by atoms with van der Waals surface area (Å²) >= 11 is 0. The summed E-state index contributed by atoms with van der Waals surface area (Å²) in [5.41, 5.74) is 4.14. The smallest absolute Gasteiger partial charge is 0.232 e. The predicted molar refractivity (Wildman–Crippen MR) is 123 cm³/mol. The van der Waals surface area contributed by atoms with Crippen LogP contribution in [-0.4, -0.2) is 36.6 Å². The third-order valence-electron chi connectivity index (χ3n) is 5.86. The molecule has 3 heterocycles. The molecule has 5 rings (SSSR count). The number of fused-ring (bicyclic) bond motifs is 3. The van der Waals surface area contributed by atoms with Crippen LogP contribution < -0.4 is 18.9 Å². The lowest BCUT2D eigenvalue weighted by Gasteiger charge is -2.30. The molecule has 2 aliphatic rings. The van der Waals surface area contributed by atoms with Crippen molar-refractivity contribution in [1.82, 2.24) is 9.88 Å². The van der Waals surface area contributed by atoms with E-state index in [1.54, 1.807) is 32.7 Å². The zero-order valence-electron chi connectivity index (χ0n) is 18.8. The van der Waals surface area contributed by atoms with Gasteiger partial charge in [0.05, 0.1) is 25.3 Å². The molecule has 0 spiro atoms. The predicted octanol–water partition coefficient (Wildman–Crippen LogP) is 4.38. The molecule has 7 nitrogen and oxygen atoms in total. The summed E-state index contributed by atoms with van der Waals surface area (Å²) in [5.74, 6) is 2.56. The average Bonchev–Trinajstić information content (AvgIpc) is 3.16. The second-order valence-electron chi connectivity index (χ2n) is 8.01. The lowest BCUT2D eigenvalue weighted by molar-refractivity contribution is 0.0872. The van der Waals surface area contributed by atoms with Crippen molar-refractivity contribution < 1.29 is 23.7 Å². The van der Waals surface area contributed by atoms with E-state index in [1.165, 1.54) is 0 Å². The van der Waals surface area contributed by atoms with Crippen molar-refractivity contribution >= 4 is 11.9 Å². The van der Waals surface area contributed by atoms with E-state index in [9.17, 15) is 4.79 Å². The number of aromatic nitrogens is 1. The van der Waals surface area contributed by atoms with Gasteiger partial charge in [-0.15, -0.1) is 0 Å². The fourth-order valence-corrected chi connectivity index (χ4v) is 4.29. The van der Waals surface area contributed by atoms with E-state index in [0.29, 0.717) is 48.2 Å². The molecule has 0 saturated carbocycles. The highest BCUT2D eigenvalue weighted by molar-refractivity contribution is 6.16.